The Bertz CT molecular complexity index is 334. The zero-order valence-corrected chi connectivity index (χ0v) is 10.2. The molecule has 0 saturated carbocycles. The van der Waals surface area contributed by atoms with Gasteiger partial charge in [0.1, 0.15) is 5.84 Å². The van der Waals surface area contributed by atoms with Crippen LogP contribution in [0.3, 0.4) is 0 Å². The molecule has 84 valence electrons. The smallest absolute Gasteiger partial charge is 0.154 e. The topological polar surface area (TPSA) is 87.5 Å². The van der Waals surface area contributed by atoms with Crippen LogP contribution < -0.4 is 10.9 Å². The first-order valence-corrected chi connectivity index (χ1v) is 5.64. The normalized spacial score (nSPS) is 17.1. The number of halogens is 1. The molecule has 1 atom stereocenters. The molecule has 6 heteroatoms. The Kier molecular flexibility index (Phi) is 6.35. The Morgan fingerprint density at radius 3 is 2.47 bits per heavy atom. The lowest BCUT2D eigenvalue weighted by molar-refractivity contribution is 0.602. The summed E-state index contributed by atoms with van der Waals surface area (Å²) in [6.07, 6.45) is 2.80. The second kappa shape index (κ2) is 6.68. The molecule has 0 fully saturated rings. The van der Waals surface area contributed by atoms with Gasteiger partial charge in [-0.25, -0.2) is 4.99 Å². The molecule has 0 aliphatic heterocycles. The Labute approximate surface area is 97.7 Å². The monoisotopic (exact) mass is 247 g/mol. The van der Waals surface area contributed by atoms with Gasteiger partial charge < -0.3 is 10.3 Å². The SMILES string of the molecule is C=C\C(Cl)=C/N=C(N)/C(C)=C(\C)[S+](N)[O-]. The van der Waals surface area contributed by atoms with E-state index in [-0.39, 0.29) is 5.84 Å². The van der Waals surface area contributed by atoms with Gasteiger partial charge in [0.05, 0.1) is 16.4 Å². The molecule has 0 rings (SSSR count). The van der Waals surface area contributed by atoms with Crippen molar-refractivity contribution in [2.45, 2.75) is 13.8 Å². The zero-order chi connectivity index (χ0) is 12.0. The number of hydrogen-bond acceptors (Lipinski definition) is 3. The van der Waals surface area contributed by atoms with Crippen molar-refractivity contribution < 1.29 is 4.55 Å². The van der Waals surface area contributed by atoms with Gasteiger partial charge in [-0.2, -0.15) is 0 Å². The average molecular weight is 248 g/mol. The van der Waals surface area contributed by atoms with Gasteiger partial charge in [0.25, 0.3) is 0 Å². The van der Waals surface area contributed by atoms with Gasteiger partial charge >= 0.3 is 0 Å². The van der Waals surface area contributed by atoms with Crippen molar-refractivity contribution in [2.75, 3.05) is 0 Å². The van der Waals surface area contributed by atoms with Crippen molar-refractivity contribution in [1.29, 1.82) is 0 Å². The van der Waals surface area contributed by atoms with E-state index in [2.05, 4.69) is 11.6 Å². The van der Waals surface area contributed by atoms with Crippen LogP contribution in [0.4, 0.5) is 0 Å². The molecule has 4 nitrogen and oxygen atoms in total. The first kappa shape index (κ1) is 14.2. The molecule has 0 saturated heterocycles. The van der Waals surface area contributed by atoms with Crippen molar-refractivity contribution in [1.82, 2.24) is 0 Å². The van der Waals surface area contributed by atoms with Crippen molar-refractivity contribution in [3.8, 4) is 0 Å². The molecule has 0 aromatic carbocycles. The maximum atomic E-state index is 10.9. The summed E-state index contributed by atoms with van der Waals surface area (Å²) in [4.78, 5) is 4.37. The van der Waals surface area contributed by atoms with E-state index in [0.717, 1.165) is 0 Å². The van der Waals surface area contributed by atoms with Crippen LogP contribution in [0.15, 0.2) is 39.4 Å². The first-order valence-electron chi connectivity index (χ1n) is 4.05. The number of nitrogens with two attached hydrogens (primary N) is 2. The highest BCUT2D eigenvalue weighted by Gasteiger charge is 2.10. The van der Waals surface area contributed by atoms with E-state index in [1.807, 2.05) is 0 Å². The Hall–Kier alpha value is -0.750. The summed E-state index contributed by atoms with van der Waals surface area (Å²) >= 11 is 4.10. The van der Waals surface area contributed by atoms with Gasteiger partial charge in [0.15, 0.2) is 4.91 Å². The van der Waals surface area contributed by atoms with Crippen LogP contribution in [-0.4, -0.2) is 10.4 Å². The third-order valence-electron chi connectivity index (χ3n) is 1.74. The third-order valence-corrected chi connectivity index (χ3v) is 2.90. The lowest BCUT2D eigenvalue weighted by Crippen LogP contribution is -2.20. The highest BCUT2D eigenvalue weighted by Crippen LogP contribution is 2.09. The number of nitrogens with zero attached hydrogens (tertiary/aromatic N) is 1. The molecule has 0 radical (unpaired) electrons. The van der Waals surface area contributed by atoms with Gasteiger partial charge in [-0.3, -0.25) is 0 Å². The quantitative estimate of drug-likeness (QED) is 0.342. The molecule has 4 N–H and O–H groups in total. The predicted molar refractivity (Wildman–Crippen MR) is 66.5 cm³/mol. The average Bonchev–Trinajstić information content (AvgIpc) is 2.22. The minimum atomic E-state index is -1.53. The molecular formula is C9H14ClN3OS. The summed E-state index contributed by atoms with van der Waals surface area (Å²) in [6, 6.07) is 0. The van der Waals surface area contributed by atoms with Crippen LogP contribution >= 0.6 is 11.6 Å². The maximum Gasteiger partial charge on any atom is 0.154 e. The second-order valence-corrected chi connectivity index (χ2v) is 4.35. The summed E-state index contributed by atoms with van der Waals surface area (Å²) in [5, 5.41) is 5.58. The summed E-state index contributed by atoms with van der Waals surface area (Å²) in [5.41, 5.74) is 6.21. The van der Waals surface area contributed by atoms with Crippen molar-refractivity contribution >= 4 is 28.8 Å². The first-order chi connectivity index (χ1) is 6.90. The molecule has 0 heterocycles. The molecule has 15 heavy (non-hydrogen) atoms. The van der Waals surface area contributed by atoms with Gasteiger partial charge in [0.2, 0.25) is 0 Å². The Morgan fingerprint density at radius 1 is 1.53 bits per heavy atom. The van der Waals surface area contributed by atoms with Crippen molar-refractivity contribution in [3.05, 3.63) is 34.4 Å². The van der Waals surface area contributed by atoms with Crippen LogP contribution in [0.25, 0.3) is 0 Å². The molecule has 0 spiro atoms. The van der Waals surface area contributed by atoms with E-state index in [9.17, 15) is 4.55 Å². The highest BCUT2D eigenvalue weighted by molar-refractivity contribution is 7.93. The van der Waals surface area contributed by atoms with E-state index in [0.29, 0.717) is 15.5 Å². The van der Waals surface area contributed by atoms with Crippen LogP contribution in [0.1, 0.15) is 13.8 Å². The van der Waals surface area contributed by atoms with E-state index >= 15 is 0 Å². The number of allylic oxidation sites excluding steroid dienone is 3. The van der Waals surface area contributed by atoms with Gasteiger partial charge in [-0.1, -0.05) is 18.2 Å². The maximum absolute atomic E-state index is 10.9. The van der Waals surface area contributed by atoms with Gasteiger partial charge in [-0.05, 0) is 13.0 Å². The summed E-state index contributed by atoms with van der Waals surface area (Å²) in [5.74, 6) is 0.228. The summed E-state index contributed by atoms with van der Waals surface area (Å²) in [7, 11) is 0. The van der Waals surface area contributed by atoms with Crippen LogP contribution in [0.5, 0.6) is 0 Å². The number of rotatable bonds is 4. The van der Waals surface area contributed by atoms with Crippen molar-refractivity contribution in [3.63, 3.8) is 0 Å². The molecule has 0 aromatic rings. The molecular weight excluding hydrogens is 234 g/mol. The van der Waals surface area contributed by atoms with Crippen LogP contribution in [-0.2, 0) is 11.4 Å². The fourth-order valence-electron chi connectivity index (χ4n) is 0.612. The molecule has 0 amide bonds. The lowest BCUT2D eigenvalue weighted by atomic mass is 10.3. The molecule has 0 bridgehead atoms. The van der Waals surface area contributed by atoms with Gasteiger partial charge in [0, 0.05) is 18.7 Å². The molecule has 0 aliphatic carbocycles. The van der Waals surface area contributed by atoms with Crippen LogP contribution in [0, 0.1) is 0 Å². The fraction of sp³-hybridized carbons (Fsp3) is 0.222. The fourth-order valence-corrected chi connectivity index (χ4v) is 1.07. The summed E-state index contributed by atoms with van der Waals surface area (Å²) in [6.45, 7) is 6.78. The zero-order valence-electron chi connectivity index (χ0n) is 8.66. The lowest BCUT2D eigenvalue weighted by Gasteiger charge is -2.06. The number of aliphatic imine (C=N–C) groups is 1. The van der Waals surface area contributed by atoms with E-state index in [1.165, 1.54) is 12.3 Å². The highest BCUT2D eigenvalue weighted by atomic mass is 35.5. The van der Waals surface area contributed by atoms with E-state index in [4.69, 9.17) is 22.5 Å². The standard InChI is InChI=1S/C9H14ClN3OS/c1-4-8(10)5-13-9(11)6(2)7(3)15(12)14/h4-5H,1,12H2,2-3H3,(H2,11,13)/b7-6+,8-5+. The molecule has 1 unspecified atom stereocenters. The third kappa shape index (κ3) is 5.03. The number of hydrogen-bond donors (Lipinski definition) is 2. The molecule has 0 aliphatic rings. The number of amidine groups is 1. The second-order valence-electron chi connectivity index (χ2n) is 2.71. The molecule has 0 aromatic heterocycles. The van der Waals surface area contributed by atoms with Crippen LogP contribution in [0.2, 0.25) is 0 Å². The Balaban J connectivity index is 4.94. The Morgan fingerprint density at radius 2 is 2.07 bits per heavy atom. The van der Waals surface area contributed by atoms with E-state index in [1.54, 1.807) is 13.8 Å². The van der Waals surface area contributed by atoms with E-state index < -0.39 is 11.4 Å². The largest absolute Gasteiger partial charge is 0.593 e. The minimum Gasteiger partial charge on any atom is -0.593 e. The minimum absolute atomic E-state index is 0.228. The summed E-state index contributed by atoms with van der Waals surface area (Å²) < 4.78 is 10.9. The van der Waals surface area contributed by atoms with Crippen molar-refractivity contribution in [2.24, 2.45) is 15.9 Å². The predicted octanol–water partition coefficient (Wildman–Crippen LogP) is 1.53. The van der Waals surface area contributed by atoms with Gasteiger partial charge in [-0.15, -0.1) is 5.14 Å².